The van der Waals surface area contributed by atoms with Crippen LogP contribution in [0.3, 0.4) is 0 Å². The molecule has 2 heterocycles. The number of carbonyl (C=O) groups excluding carboxylic acids is 2. The van der Waals surface area contributed by atoms with Gasteiger partial charge in [0.05, 0.1) is 23.9 Å². The van der Waals surface area contributed by atoms with E-state index in [2.05, 4.69) is 20.0 Å². The number of halogens is 1. The quantitative estimate of drug-likeness (QED) is 0.300. The molecule has 1 amide bonds. The number of fused-ring (bicyclic) bond motifs is 3. The fraction of sp³-hybridized carbons (Fsp3) is 0.167. The molecular weight excluding hydrogens is 461 g/mol. The van der Waals surface area contributed by atoms with Gasteiger partial charge in [0.25, 0.3) is 5.91 Å². The second kappa shape index (κ2) is 8.92. The zero-order valence-electron chi connectivity index (χ0n) is 17.6. The van der Waals surface area contributed by atoms with E-state index >= 15 is 0 Å². The van der Waals surface area contributed by atoms with Crippen LogP contribution in [0.4, 0.5) is 10.1 Å². The smallest absolute Gasteiger partial charge is 0.337 e. The van der Waals surface area contributed by atoms with Gasteiger partial charge in [-0.05, 0) is 55.2 Å². The third-order valence-electron chi connectivity index (χ3n) is 5.44. The van der Waals surface area contributed by atoms with Crippen molar-refractivity contribution < 1.29 is 18.7 Å². The number of hydrogen-bond acceptors (Lipinski definition) is 7. The molecule has 0 bridgehead atoms. The molecule has 0 saturated carbocycles. The summed E-state index contributed by atoms with van der Waals surface area (Å²) < 4.78 is 19.0. The first-order valence-electron chi connectivity index (χ1n) is 10.3. The molecule has 2 aromatic heterocycles. The second-order valence-electron chi connectivity index (χ2n) is 7.45. The number of thiophene rings is 1. The fourth-order valence-corrected chi connectivity index (χ4v) is 6.22. The van der Waals surface area contributed by atoms with Gasteiger partial charge in [0.15, 0.2) is 0 Å². The summed E-state index contributed by atoms with van der Waals surface area (Å²) in [5, 5.41) is 4.45. The number of hydrogen-bond donors (Lipinski definition) is 1. The Morgan fingerprint density at radius 3 is 2.85 bits per heavy atom. The van der Waals surface area contributed by atoms with E-state index in [0.29, 0.717) is 10.5 Å². The molecule has 0 saturated heterocycles. The molecule has 6 nitrogen and oxygen atoms in total. The Balaban J connectivity index is 1.47. The maximum absolute atomic E-state index is 14.3. The van der Waals surface area contributed by atoms with Gasteiger partial charge < -0.3 is 10.1 Å². The molecule has 0 unspecified atom stereocenters. The van der Waals surface area contributed by atoms with E-state index in [9.17, 15) is 14.0 Å². The lowest BCUT2D eigenvalue weighted by Crippen LogP contribution is -2.15. The highest BCUT2D eigenvalue weighted by Gasteiger charge is 2.23. The number of methoxy groups -OCH3 is 1. The van der Waals surface area contributed by atoms with Gasteiger partial charge in [-0.3, -0.25) is 4.79 Å². The number of aromatic nitrogens is 2. The summed E-state index contributed by atoms with van der Waals surface area (Å²) in [5.41, 5.74) is 1.74. The Hall–Kier alpha value is -3.30. The summed E-state index contributed by atoms with van der Waals surface area (Å²) in [7, 11) is 1.24. The standard InChI is InChI=1S/C24H18FN3O3S2/c1-31-24(30)13-9-10-16(25)17(11-13)28-21(29)15-5-2-3-7-19(15)33-23-20-14-6-4-8-18(14)32-22(20)26-12-27-23/h2-3,5,7,9-12H,4,6,8H2,1H3,(H,28,29). The van der Waals surface area contributed by atoms with Crippen molar-refractivity contribution in [1.29, 1.82) is 0 Å². The van der Waals surface area contributed by atoms with Crippen LogP contribution in [0.1, 0.15) is 37.6 Å². The molecule has 0 aliphatic heterocycles. The van der Waals surface area contributed by atoms with Gasteiger partial charge >= 0.3 is 5.97 Å². The fourth-order valence-electron chi connectivity index (χ4n) is 3.88. The first-order chi connectivity index (χ1) is 16.0. The number of benzene rings is 2. The number of rotatable bonds is 5. The van der Waals surface area contributed by atoms with Crippen LogP contribution >= 0.6 is 23.1 Å². The first-order valence-corrected chi connectivity index (χ1v) is 11.9. The van der Waals surface area contributed by atoms with Gasteiger partial charge in [-0.2, -0.15) is 0 Å². The number of nitrogens with zero attached hydrogens (tertiary/aromatic N) is 2. The number of aryl methyl sites for hydroxylation is 2. The average Bonchev–Trinajstić information content (AvgIpc) is 3.42. The van der Waals surface area contributed by atoms with Crippen molar-refractivity contribution in [2.45, 2.75) is 29.2 Å². The number of amides is 1. The molecule has 0 atom stereocenters. The highest BCUT2D eigenvalue weighted by Crippen LogP contribution is 2.42. The minimum atomic E-state index is -0.646. The molecule has 1 aliphatic rings. The van der Waals surface area contributed by atoms with Crippen LogP contribution in [0.25, 0.3) is 10.2 Å². The zero-order chi connectivity index (χ0) is 22.9. The molecule has 0 fully saturated rings. The van der Waals surface area contributed by atoms with Crippen LogP contribution in [0.15, 0.2) is 58.7 Å². The van der Waals surface area contributed by atoms with Crippen molar-refractivity contribution in [2.75, 3.05) is 12.4 Å². The molecule has 1 aliphatic carbocycles. The predicted octanol–water partition coefficient (Wildman–Crippen LogP) is 5.51. The maximum atomic E-state index is 14.3. The lowest BCUT2D eigenvalue weighted by molar-refractivity contribution is 0.0600. The summed E-state index contributed by atoms with van der Waals surface area (Å²) in [6.45, 7) is 0. The number of anilines is 1. The molecule has 166 valence electrons. The van der Waals surface area contributed by atoms with E-state index in [0.717, 1.165) is 40.6 Å². The van der Waals surface area contributed by atoms with Gasteiger partial charge in [-0.1, -0.05) is 23.9 Å². The third-order valence-corrected chi connectivity index (χ3v) is 7.72. The van der Waals surface area contributed by atoms with Gasteiger partial charge in [0.2, 0.25) is 0 Å². The van der Waals surface area contributed by atoms with Crippen LogP contribution in [-0.4, -0.2) is 29.0 Å². The SMILES string of the molecule is COC(=O)c1ccc(F)c(NC(=O)c2ccccc2Sc2ncnc3sc4c(c23)CCC4)c1. The Morgan fingerprint density at radius 1 is 1.15 bits per heavy atom. The van der Waals surface area contributed by atoms with Crippen molar-refractivity contribution >= 4 is 50.9 Å². The van der Waals surface area contributed by atoms with Crippen LogP contribution in [0.5, 0.6) is 0 Å². The summed E-state index contributed by atoms with van der Waals surface area (Å²) in [6, 6.07) is 10.8. The van der Waals surface area contributed by atoms with Crippen molar-refractivity contribution in [1.82, 2.24) is 9.97 Å². The molecule has 4 aromatic rings. The number of carbonyl (C=O) groups is 2. The van der Waals surface area contributed by atoms with E-state index in [1.807, 2.05) is 12.1 Å². The highest BCUT2D eigenvalue weighted by atomic mass is 32.2. The lowest BCUT2D eigenvalue weighted by atomic mass is 10.1. The Morgan fingerprint density at radius 2 is 2.00 bits per heavy atom. The Kier molecular flexibility index (Phi) is 5.82. The summed E-state index contributed by atoms with van der Waals surface area (Å²) in [6.07, 6.45) is 4.75. The van der Waals surface area contributed by atoms with Gasteiger partial charge in [-0.25, -0.2) is 19.2 Å². The van der Waals surface area contributed by atoms with Crippen LogP contribution in [-0.2, 0) is 17.6 Å². The summed E-state index contributed by atoms with van der Waals surface area (Å²) in [5.74, 6) is -1.75. The van der Waals surface area contributed by atoms with Crippen molar-refractivity contribution in [2.24, 2.45) is 0 Å². The van der Waals surface area contributed by atoms with Crippen molar-refractivity contribution in [3.8, 4) is 0 Å². The first kappa shape index (κ1) is 21.5. The van der Waals surface area contributed by atoms with Crippen LogP contribution in [0.2, 0.25) is 0 Å². The number of nitrogens with one attached hydrogen (secondary N) is 1. The Bertz CT molecular complexity index is 1400. The van der Waals surface area contributed by atoms with Crippen LogP contribution in [0, 0.1) is 5.82 Å². The molecule has 2 aromatic carbocycles. The molecule has 0 spiro atoms. The normalized spacial score (nSPS) is 12.5. The van der Waals surface area contributed by atoms with E-state index in [1.165, 1.54) is 41.4 Å². The summed E-state index contributed by atoms with van der Waals surface area (Å²) in [4.78, 5) is 36.8. The second-order valence-corrected chi connectivity index (χ2v) is 9.57. The molecule has 0 radical (unpaired) electrons. The van der Waals surface area contributed by atoms with Gasteiger partial charge in [-0.15, -0.1) is 11.3 Å². The topological polar surface area (TPSA) is 81.2 Å². The molecular formula is C24H18FN3O3S2. The minimum absolute atomic E-state index is 0.0946. The maximum Gasteiger partial charge on any atom is 0.337 e. The molecule has 33 heavy (non-hydrogen) atoms. The zero-order valence-corrected chi connectivity index (χ0v) is 19.2. The summed E-state index contributed by atoms with van der Waals surface area (Å²) >= 11 is 3.10. The highest BCUT2D eigenvalue weighted by molar-refractivity contribution is 7.99. The third kappa shape index (κ3) is 4.09. The Labute approximate surface area is 197 Å². The average molecular weight is 480 g/mol. The predicted molar refractivity (Wildman–Crippen MR) is 126 cm³/mol. The monoisotopic (exact) mass is 479 g/mol. The number of ether oxygens (including phenoxy) is 1. The molecule has 5 rings (SSSR count). The molecule has 1 N–H and O–H groups in total. The van der Waals surface area contributed by atoms with E-state index in [-0.39, 0.29) is 11.3 Å². The largest absolute Gasteiger partial charge is 0.465 e. The van der Waals surface area contributed by atoms with Gasteiger partial charge in [0, 0.05) is 15.2 Å². The van der Waals surface area contributed by atoms with Crippen molar-refractivity contribution in [3.05, 3.63) is 76.2 Å². The van der Waals surface area contributed by atoms with E-state index in [4.69, 9.17) is 0 Å². The van der Waals surface area contributed by atoms with Crippen molar-refractivity contribution in [3.63, 3.8) is 0 Å². The van der Waals surface area contributed by atoms with Gasteiger partial charge in [0.1, 0.15) is 22.0 Å². The minimum Gasteiger partial charge on any atom is -0.465 e. The van der Waals surface area contributed by atoms with Crippen LogP contribution < -0.4 is 5.32 Å². The molecule has 9 heteroatoms. The lowest BCUT2D eigenvalue weighted by Gasteiger charge is -2.11. The van der Waals surface area contributed by atoms with E-state index in [1.54, 1.807) is 29.8 Å². The number of esters is 1. The van der Waals surface area contributed by atoms with E-state index < -0.39 is 17.7 Å².